The van der Waals surface area contributed by atoms with Gasteiger partial charge in [0, 0.05) is 17.6 Å². The monoisotopic (exact) mass is 274 g/mol. The lowest BCUT2D eigenvalue weighted by Crippen LogP contribution is -2.59. The minimum Gasteiger partial charge on any atom is -0.411 e. The first-order valence-corrected chi connectivity index (χ1v) is 5.41. The molecule has 0 rings (SSSR count). The molecule has 0 aromatic carbocycles. The van der Waals surface area contributed by atoms with Crippen LogP contribution in [0.25, 0.3) is 0 Å². The molecule has 0 radical (unpaired) electrons. The van der Waals surface area contributed by atoms with Gasteiger partial charge in [-0.15, -0.1) is 0 Å². The van der Waals surface area contributed by atoms with Gasteiger partial charge in [0.1, 0.15) is 0 Å². The van der Waals surface area contributed by atoms with Crippen molar-refractivity contribution in [2.75, 3.05) is 0 Å². The molecule has 0 aromatic heterocycles. The maximum absolute atomic E-state index is 11.4. The third-order valence-electron chi connectivity index (χ3n) is 2.19. The molecule has 0 aliphatic heterocycles. The van der Waals surface area contributed by atoms with Crippen LogP contribution in [0.4, 0.5) is 0 Å². The SMILES string of the molecule is C=C(C)C(=O)OC(CC)(OC(=O)C(=C)C)C(O)(O)O. The fourth-order valence-corrected chi connectivity index (χ4v) is 1.01. The molecule has 0 amide bonds. The van der Waals surface area contributed by atoms with E-state index in [9.17, 15) is 24.9 Å². The molecular weight excluding hydrogens is 256 g/mol. The maximum Gasteiger partial charge on any atom is 0.357 e. The van der Waals surface area contributed by atoms with Gasteiger partial charge in [0.15, 0.2) is 0 Å². The molecular formula is C12H18O7. The van der Waals surface area contributed by atoms with Gasteiger partial charge < -0.3 is 24.8 Å². The van der Waals surface area contributed by atoms with Crippen LogP contribution in [-0.2, 0) is 19.1 Å². The number of ether oxygens (including phenoxy) is 2. The Labute approximate surface area is 110 Å². The lowest BCUT2D eigenvalue weighted by molar-refractivity contribution is -0.444. The molecule has 0 heterocycles. The fourth-order valence-electron chi connectivity index (χ4n) is 1.01. The maximum atomic E-state index is 11.4. The van der Waals surface area contributed by atoms with E-state index in [4.69, 9.17) is 0 Å². The van der Waals surface area contributed by atoms with Gasteiger partial charge in [-0.05, 0) is 13.8 Å². The summed E-state index contributed by atoms with van der Waals surface area (Å²) < 4.78 is 9.32. The predicted octanol–water partition coefficient (Wildman–Crippen LogP) is -0.0380. The van der Waals surface area contributed by atoms with Gasteiger partial charge in [-0.1, -0.05) is 20.1 Å². The summed E-state index contributed by atoms with van der Waals surface area (Å²) >= 11 is 0. The highest BCUT2D eigenvalue weighted by molar-refractivity contribution is 5.89. The highest BCUT2D eigenvalue weighted by atomic mass is 16.8. The Morgan fingerprint density at radius 2 is 1.32 bits per heavy atom. The van der Waals surface area contributed by atoms with Crippen molar-refractivity contribution < 1.29 is 34.4 Å². The Balaban J connectivity index is 5.46. The van der Waals surface area contributed by atoms with Crippen molar-refractivity contribution in [2.45, 2.75) is 39.0 Å². The molecule has 7 nitrogen and oxygen atoms in total. The van der Waals surface area contributed by atoms with Crippen LogP contribution in [0.2, 0.25) is 0 Å². The summed E-state index contributed by atoms with van der Waals surface area (Å²) in [6, 6.07) is 0. The van der Waals surface area contributed by atoms with Crippen LogP contribution in [-0.4, -0.2) is 39.0 Å². The number of hydrogen-bond acceptors (Lipinski definition) is 7. The average Bonchev–Trinajstić information content (AvgIpc) is 2.25. The van der Waals surface area contributed by atoms with Crippen LogP contribution in [0.1, 0.15) is 27.2 Å². The molecule has 0 aromatic rings. The van der Waals surface area contributed by atoms with Gasteiger partial charge in [0.05, 0.1) is 0 Å². The molecule has 108 valence electrons. The van der Waals surface area contributed by atoms with E-state index in [2.05, 4.69) is 22.6 Å². The highest BCUT2D eigenvalue weighted by Gasteiger charge is 2.55. The van der Waals surface area contributed by atoms with Crippen molar-refractivity contribution in [3.8, 4) is 0 Å². The molecule has 0 atom stereocenters. The number of carbonyl (C=O) groups excluding carboxylic acids is 2. The smallest absolute Gasteiger partial charge is 0.357 e. The zero-order chi connectivity index (χ0) is 15.4. The van der Waals surface area contributed by atoms with E-state index in [1.807, 2.05) is 0 Å². The Hall–Kier alpha value is -1.70. The Kier molecular flexibility index (Phi) is 5.43. The first-order chi connectivity index (χ1) is 8.47. The standard InChI is InChI=1S/C12H18O7/c1-6-11(12(15,16)17,18-9(13)7(2)3)19-10(14)8(4)5/h15-17H,2,4,6H2,1,3,5H3. The second-order valence-corrected chi connectivity index (χ2v) is 4.08. The van der Waals surface area contributed by atoms with Gasteiger partial charge in [0.25, 0.3) is 0 Å². The molecule has 19 heavy (non-hydrogen) atoms. The van der Waals surface area contributed by atoms with Gasteiger partial charge >= 0.3 is 23.7 Å². The zero-order valence-electron chi connectivity index (χ0n) is 11.1. The van der Waals surface area contributed by atoms with Crippen LogP contribution in [0, 0.1) is 0 Å². The number of aliphatic hydroxyl groups is 3. The van der Waals surface area contributed by atoms with E-state index in [0.29, 0.717) is 0 Å². The normalized spacial score (nSPS) is 11.7. The zero-order valence-corrected chi connectivity index (χ0v) is 11.1. The van der Waals surface area contributed by atoms with Gasteiger partial charge in [0.2, 0.25) is 0 Å². The second kappa shape index (κ2) is 5.96. The molecule has 7 heteroatoms. The molecule has 0 spiro atoms. The number of esters is 2. The third-order valence-corrected chi connectivity index (χ3v) is 2.19. The average molecular weight is 274 g/mol. The van der Waals surface area contributed by atoms with Crippen LogP contribution < -0.4 is 0 Å². The van der Waals surface area contributed by atoms with Crippen LogP contribution in [0.15, 0.2) is 24.3 Å². The van der Waals surface area contributed by atoms with Crippen molar-refractivity contribution in [1.29, 1.82) is 0 Å². The third kappa shape index (κ3) is 4.16. The summed E-state index contributed by atoms with van der Waals surface area (Å²) in [5.41, 5.74) is -0.151. The van der Waals surface area contributed by atoms with Crippen molar-refractivity contribution in [3.05, 3.63) is 24.3 Å². The summed E-state index contributed by atoms with van der Waals surface area (Å²) in [5, 5.41) is 27.9. The minimum atomic E-state index is -3.57. The van der Waals surface area contributed by atoms with E-state index in [1.54, 1.807) is 0 Å². The minimum absolute atomic E-state index is 0.0755. The predicted molar refractivity (Wildman–Crippen MR) is 64.2 cm³/mol. The molecule has 0 bridgehead atoms. The molecule has 0 fully saturated rings. The summed E-state index contributed by atoms with van der Waals surface area (Å²) in [4.78, 5) is 22.9. The van der Waals surface area contributed by atoms with E-state index in [0.717, 1.165) is 0 Å². The van der Waals surface area contributed by atoms with Crippen LogP contribution in [0.5, 0.6) is 0 Å². The van der Waals surface area contributed by atoms with Crippen molar-refractivity contribution in [1.82, 2.24) is 0 Å². The summed E-state index contributed by atoms with van der Waals surface area (Å²) in [6.45, 7) is 10.5. The van der Waals surface area contributed by atoms with Crippen molar-refractivity contribution in [2.24, 2.45) is 0 Å². The molecule has 0 saturated carbocycles. The van der Waals surface area contributed by atoms with Crippen LogP contribution in [0.3, 0.4) is 0 Å². The summed E-state index contributed by atoms with van der Waals surface area (Å²) in [6.07, 6.45) is -0.408. The molecule has 3 N–H and O–H groups in total. The van der Waals surface area contributed by atoms with E-state index >= 15 is 0 Å². The van der Waals surface area contributed by atoms with Gasteiger partial charge in [-0.25, -0.2) is 9.59 Å². The molecule has 0 saturated heterocycles. The first-order valence-electron chi connectivity index (χ1n) is 5.41. The number of carbonyl (C=O) groups is 2. The summed E-state index contributed by atoms with van der Waals surface area (Å²) in [7, 11) is 0. The van der Waals surface area contributed by atoms with Crippen molar-refractivity contribution in [3.63, 3.8) is 0 Å². The van der Waals surface area contributed by atoms with Crippen LogP contribution >= 0.6 is 0 Å². The molecule has 0 aliphatic rings. The highest BCUT2D eigenvalue weighted by Crippen LogP contribution is 2.30. The van der Waals surface area contributed by atoms with E-state index in [-0.39, 0.29) is 11.1 Å². The Bertz CT molecular complexity index is 375. The largest absolute Gasteiger partial charge is 0.411 e. The summed E-state index contributed by atoms with van der Waals surface area (Å²) in [5.74, 6) is -8.35. The topological polar surface area (TPSA) is 113 Å². The molecule has 0 unspecified atom stereocenters. The lowest BCUT2D eigenvalue weighted by Gasteiger charge is -2.37. The lowest BCUT2D eigenvalue weighted by atomic mass is 10.1. The van der Waals surface area contributed by atoms with E-state index in [1.165, 1.54) is 20.8 Å². The second-order valence-electron chi connectivity index (χ2n) is 4.08. The van der Waals surface area contributed by atoms with E-state index < -0.39 is 30.1 Å². The molecule has 0 aliphatic carbocycles. The van der Waals surface area contributed by atoms with Gasteiger partial charge in [-0.2, -0.15) is 0 Å². The number of hydrogen-bond donors (Lipinski definition) is 3. The van der Waals surface area contributed by atoms with Crippen molar-refractivity contribution >= 4 is 11.9 Å². The Morgan fingerprint density at radius 3 is 1.47 bits per heavy atom. The number of rotatable bonds is 6. The van der Waals surface area contributed by atoms with Gasteiger partial charge in [-0.3, -0.25) is 0 Å². The fraction of sp³-hybridized carbons (Fsp3) is 0.500. The first kappa shape index (κ1) is 17.3. The Morgan fingerprint density at radius 1 is 1.00 bits per heavy atom. The quantitative estimate of drug-likeness (QED) is 0.354.